The lowest BCUT2D eigenvalue weighted by Crippen LogP contribution is -2.24. The van der Waals surface area contributed by atoms with Crippen molar-refractivity contribution in [1.82, 2.24) is 10.3 Å². The standard InChI is InChI=1S/C9H11N3O3/c1-3-10-9(13)8-6(2)4-7(5-11-8)12(14)15/h4-5H,3H2,1-2H3,(H,10,13). The number of nitro groups is 1. The fourth-order valence-electron chi connectivity index (χ4n) is 1.14. The van der Waals surface area contributed by atoms with E-state index in [2.05, 4.69) is 10.3 Å². The van der Waals surface area contributed by atoms with Gasteiger partial charge in [-0.3, -0.25) is 14.9 Å². The van der Waals surface area contributed by atoms with Crippen LogP contribution in [-0.2, 0) is 0 Å². The number of nitrogens with one attached hydrogen (secondary N) is 1. The molecule has 1 heterocycles. The van der Waals surface area contributed by atoms with Crippen molar-refractivity contribution in [3.8, 4) is 0 Å². The average molecular weight is 209 g/mol. The third kappa shape index (κ3) is 2.49. The summed E-state index contributed by atoms with van der Waals surface area (Å²) >= 11 is 0. The van der Waals surface area contributed by atoms with E-state index in [0.29, 0.717) is 12.1 Å². The summed E-state index contributed by atoms with van der Waals surface area (Å²) in [5.74, 6) is -0.315. The van der Waals surface area contributed by atoms with E-state index in [4.69, 9.17) is 0 Å². The number of pyridine rings is 1. The predicted octanol–water partition coefficient (Wildman–Crippen LogP) is 1.05. The van der Waals surface area contributed by atoms with Crippen molar-refractivity contribution in [1.29, 1.82) is 0 Å². The molecule has 80 valence electrons. The van der Waals surface area contributed by atoms with E-state index in [1.54, 1.807) is 13.8 Å². The second-order valence-electron chi connectivity index (χ2n) is 2.98. The van der Waals surface area contributed by atoms with Crippen LogP contribution >= 0.6 is 0 Å². The summed E-state index contributed by atoms with van der Waals surface area (Å²) in [5, 5.41) is 13.0. The third-order valence-corrected chi connectivity index (χ3v) is 1.83. The van der Waals surface area contributed by atoms with Crippen LogP contribution in [0.5, 0.6) is 0 Å². The molecule has 1 aromatic heterocycles. The topological polar surface area (TPSA) is 85.1 Å². The van der Waals surface area contributed by atoms with E-state index in [1.165, 1.54) is 6.07 Å². The van der Waals surface area contributed by atoms with Gasteiger partial charge >= 0.3 is 0 Å². The molecule has 15 heavy (non-hydrogen) atoms. The average Bonchev–Trinajstić information content (AvgIpc) is 2.17. The smallest absolute Gasteiger partial charge is 0.287 e. The summed E-state index contributed by atoms with van der Waals surface area (Å²) in [7, 11) is 0. The van der Waals surface area contributed by atoms with Crippen LogP contribution in [0.3, 0.4) is 0 Å². The van der Waals surface area contributed by atoms with Gasteiger partial charge in [0.25, 0.3) is 11.6 Å². The number of rotatable bonds is 3. The van der Waals surface area contributed by atoms with E-state index in [-0.39, 0.29) is 17.3 Å². The highest BCUT2D eigenvalue weighted by atomic mass is 16.6. The zero-order chi connectivity index (χ0) is 11.4. The lowest BCUT2D eigenvalue weighted by Gasteiger charge is -2.03. The van der Waals surface area contributed by atoms with Gasteiger partial charge in [0, 0.05) is 12.6 Å². The van der Waals surface area contributed by atoms with Crippen LogP contribution in [0.1, 0.15) is 23.0 Å². The van der Waals surface area contributed by atoms with Crippen LogP contribution < -0.4 is 5.32 Å². The molecule has 0 aliphatic heterocycles. The second kappa shape index (κ2) is 4.50. The number of amides is 1. The minimum Gasteiger partial charge on any atom is -0.351 e. The van der Waals surface area contributed by atoms with Crippen LogP contribution in [-0.4, -0.2) is 22.4 Å². The summed E-state index contributed by atoms with van der Waals surface area (Å²) in [6.45, 7) is 3.90. The van der Waals surface area contributed by atoms with E-state index in [9.17, 15) is 14.9 Å². The zero-order valence-electron chi connectivity index (χ0n) is 8.48. The summed E-state index contributed by atoms with van der Waals surface area (Å²) in [4.78, 5) is 25.1. The van der Waals surface area contributed by atoms with Crippen molar-refractivity contribution < 1.29 is 9.72 Å². The molecule has 1 rings (SSSR count). The molecule has 0 fully saturated rings. The number of aryl methyl sites for hydroxylation is 1. The summed E-state index contributed by atoms with van der Waals surface area (Å²) in [6, 6.07) is 1.33. The molecule has 0 aromatic carbocycles. The van der Waals surface area contributed by atoms with Gasteiger partial charge in [-0.15, -0.1) is 0 Å². The predicted molar refractivity (Wildman–Crippen MR) is 53.6 cm³/mol. The molecule has 0 aliphatic rings. The van der Waals surface area contributed by atoms with E-state index < -0.39 is 4.92 Å². The van der Waals surface area contributed by atoms with Crippen LogP contribution in [0.2, 0.25) is 0 Å². The molecule has 1 N–H and O–H groups in total. The lowest BCUT2D eigenvalue weighted by atomic mass is 10.2. The molecule has 0 saturated carbocycles. The first kappa shape index (κ1) is 11.1. The Labute approximate surface area is 86.5 Å². The number of aromatic nitrogens is 1. The summed E-state index contributed by atoms with van der Waals surface area (Å²) in [5.41, 5.74) is 0.609. The van der Waals surface area contributed by atoms with E-state index in [1.807, 2.05) is 0 Å². The number of hydrogen-bond acceptors (Lipinski definition) is 4. The lowest BCUT2D eigenvalue weighted by molar-refractivity contribution is -0.385. The summed E-state index contributed by atoms with van der Waals surface area (Å²) in [6.07, 6.45) is 1.08. The van der Waals surface area contributed by atoms with Crippen molar-refractivity contribution >= 4 is 11.6 Å². The van der Waals surface area contributed by atoms with Crippen LogP contribution in [0.15, 0.2) is 12.3 Å². The Hall–Kier alpha value is -1.98. The number of carbonyl (C=O) groups is 1. The van der Waals surface area contributed by atoms with Gasteiger partial charge in [-0.05, 0) is 19.4 Å². The van der Waals surface area contributed by atoms with E-state index >= 15 is 0 Å². The van der Waals surface area contributed by atoms with Gasteiger partial charge < -0.3 is 5.32 Å². The summed E-state index contributed by atoms with van der Waals surface area (Å²) < 4.78 is 0. The Bertz CT molecular complexity index is 404. The fraction of sp³-hybridized carbons (Fsp3) is 0.333. The van der Waals surface area contributed by atoms with Crippen molar-refractivity contribution in [2.24, 2.45) is 0 Å². The normalized spacial score (nSPS) is 9.73. The molecule has 1 amide bonds. The van der Waals surface area contributed by atoms with Gasteiger partial charge in [-0.1, -0.05) is 0 Å². The quantitative estimate of drug-likeness (QED) is 0.595. The Kier molecular flexibility index (Phi) is 3.33. The Morgan fingerprint density at radius 1 is 1.67 bits per heavy atom. The largest absolute Gasteiger partial charge is 0.351 e. The monoisotopic (exact) mass is 209 g/mol. The SMILES string of the molecule is CCNC(=O)c1ncc([N+](=O)[O-])cc1C. The minimum absolute atomic E-state index is 0.111. The first-order valence-electron chi connectivity index (χ1n) is 4.45. The molecule has 0 spiro atoms. The van der Waals surface area contributed by atoms with Crippen molar-refractivity contribution in [3.63, 3.8) is 0 Å². The van der Waals surface area contributed by atoms with Gasteiger partial charge in [0.2, 0.25) is 0 Å². The van der Waals surface area contributed by atoms with Gasteiger partial charge in [0.15, 0.2) is 0 Å². The molecular formula is C9H11N3O3. The molecule has 0 bridgehead atoms. The van der Waals surface area contributed by atoms with Gasteiger partial charge in [-0.25, -0.2) is 4.98 Å². The maximum absolute atomic E-state index is 11.4. The third-order valence-electron chi connectivity index (χ3n) is 1.83. The molecule has 1 aromatic rings. The molecule has 6 heteroatoms. The maximum atomic E-state index is 11.4. The first-order valence-corrected chi connectivity index (χ1v) is 4.45. The van der Waals surface area contributed by atoms with Crippen molar-refractivity contribution in [3.05, 3.63) is 33.6 Å². The first-order chi connectivity index (χ1) is 7.06. The highest BCUT2D eigenvalue weighted by molar-refractivity contribution is 5.93. The molecule has 0 atom stereocenters. The Balaban J connectivity index is 3.03. The molecule has 0 unspecified atom stereocenters. The highest BCUT2D eigenvalue weighted by Crippen LogP contribution is 2.13. The number of hydrogen-bond donors (Lipinski definition) is 1. The fourth-order valence-corrected chi connectivity index (χ4v) is 1.14. The highest BCUT2D eigenvalue weighted by Gasteiger charge is 2.14. The zero-order valence-corrected chi connectivity index (χ0v) is 8.48. The molecule has 0 radical (unpaired) electrons. The van der Waals surface area contributed by atoms with Crippen molar-refractivity contribution in [2.45, 2.75) is 13.8 Å². The van der Waals surface area contributed by atoms with Crippen LogP contribution in [0, 0.1) is 17.0 Å². The van der Waals surface area contributed by atoms with Crippen molar-refractivity contribution in [2.75, 3.05) is 6.54 Å². The second-order valence-corrected chi connectivity index (χ2v) is 2.98. The van der Waals surface area contributed by atoms with Crippen LogP contribution in [0.25, 0.3) is 0 Å². The van der Waals surface area contributed by atoms with E-state index in [0.717, 1.165) is 6.20 Å². The maximum Gasteiger partial charge on any atom is 0.287 e. The number of carbonyl (C=O) groups excluding carboxylic acids is 1. The Morgan fingerprint density at radius 2 is 2.33 bits per heavy atom. The van der Waals surface area contributed by atoms with Gasteiger partial charge in [-0.2, -0.15) is 0 Å². The van der Waals surface area contributed by atoms with Gasteiger partial charge in [0.05, 0.1) is 4.92 Å². The Morgan fingerprint density at radius 3 is 2.80 bits per heavy atom. The molecule has 0 aliphatic carbocycles. The molecule has 6 nitrogen and oxygen atoms in total. The molecule has 0 saturated heterocycles. The number of nitrogens with zero attached hydrogens (tertiary/aromatic N) is 2. The van der Waals surface area contributed by atoms with Gasteiger partial charge in [0.1, 0.15) is 11.9 Å². The molecular weight excluding hydrogens is 198 g/mol. The van der Waals surface area contributed by atoms with Crippen LogP contribution in [0.4, 0.5) is 5.69 Å². The minimum atomic E-state index is -0.540.